The van der Waals surface area contributed by atoms with Crippen LogP contribution in [0.2, 0.25) is 0 Å². The normalized spacial score (nSPS) is 12.5. The third-order valence-electron chi connectivity index (χ3n) is 2.87. The van der Waals surface area contributed by atoms with E-state index in [0.29, 0.717) is 18.2 Å². The molecule has 0 fully saturated rings. The SMILES string of the molecule is COCC(C)Nc1nc(C)cn1-c1cc(F)c(Br)cc1F. The monoisotopic (exact) mass is 359 g/mol. The largest absolute Gasteiger partial charge is 0.383 e. The molecule has 2 rings (SSSR count). The fourth-order valence-electron chi connectivity index (χ4n) is 1.99. The molecule has 0 aliphatic carbocycles. The molecule has 1 aromatic carbocycles. The number of ether oxygens (including phenoxy) is 1. The first-order valence-electron chi connectivity index (χ1n) is 6.38. The minimum Gasteiger partial charge on any atom is -0.383 e. The summed E-state index contributed by atoms with van der Waals surface area (Å²) in [5.74, 6) is -0.630. The number of anilines is 1. The molecule has 1 atom stereocenters. The molecule has 7 heteroatoms. The molecule has 0 bridgehead atoms. The summed E-state index contributed by atoms with van der Waals surface area (Å²) in [5, 5.41) is 3.12. The standard InChI is InChI=1S/C14H16BrF2N3O/c1-8-6-20(14(18-8)19-9(2)7-21-3)13-5-11(16)10(15)4-12(13)17/h4-6,9H,7H2,1-3H3,(H,18,19). The Balaban J connectivity index is 2.42. The van der Waals surface area contributed by atoms with Crippen molar-refractivity contribution in [2.45, 2.75) is 19.9 Å². The Morgan fingerprint density at radius 2 is 2.10 bits per heavy atom. The highest BCUT2D eigenvalue weighted by Crippen LogP contribution is 2.25. The first-order chi connectivity index (χ1) is 9.92. The Bertz CT molecular complexity index is 645. The molecule has 0 saturated heterocycles. The molecule has 1 aromatic heterocycles. The van der Waals surface area contributed by atoms with E-state index in [2.05, 4.69) is 26.2 Å². The van der Waals surface area contributed by atoms with Crippen molar-refractivity contribution in [1.29, 1.82) is 0 Å². The Hall–Kier alpha value is -1.47. The lowest BCUT2D eigenvalue weighted by molar-refractivity contribution is 0.190. The van der Waals surface area contributed by atoms with Crippen molar-refractivity contribution in [3.05, 3.63) is 40.1 Å². The summed E-state index contributed by atoms with van der Waals surface area (Å²) in [6, 6.07) is 2.22. The molecule has 1 unspecified atom stereocenters. The number of methoxy groups -OCH3 is 1. The van der Waals surface area contributed by atoms with E-state index in [1.54, 1.807) is 20.2 Å². The first-order valence-corrected chi connectivity index (χ1v) is 7.18. The highest BCUT2D eigenvalue weighted by atomic mass is 79.9. The molecule has 4 nitrogen and oxygen atoms in total. The lowest BCUT2D eigenvalue weighted by Gasteiger charge is -2.15. The molecule has 114 valence electrons. The number of nitrogens with zero attached hydrogens (tertiary/aromatic N) is 2. The van der Waals surface area contributed by atoms with Gasteiger partial charge in [-0.05, 0) is 35.8 Å². The molecule has 0 spiro atoms. The van der Waals surface area contributed by atoms with E-state index in [0.717, 1.165) is 12.1 Å². The van der Waals surface area contributed by atoms with Gasteiger partial charge in [-0.2, -0.15) is 0 Å². The Kier molecular flexibility index (Phi) is 4.95. The highest BCUT2D eigenvalue weighted by molar-refractivity contribution is 9.10. The second kappa shape index (κ2) is 6.53. The van der Waals surface area contributed by atoms with Gasteiger partial charge in [-0.3, -0.25) is 4.57 Å². The van der Waals surface area contributed by atoms with E-state index in [-0.39, 0.29) is 16.2 Å². The zero-order valence-corrected chi connectivity index (χ0v) is 13.5. The minimum absolute atomic E-state index is 0.0149. The molecule has 1 N–H and O–H groups in total. The number of halogens is 3. The Morgan fingerprint density at radius 3 is 2.76 bits per heavy atom. The summed E-state index contributed by atoms with van der Waals surface area (Å²) in [5.41, 5.74) is 0.799. The van der Waals surface area contributed by atoms with Gasteiger partial charge in [0.2, 0.25) is 5.95 Å². The quantitative estimate of drug-likeness (QED) is 0.827. The second-order valence-electron chi connectivity index (χ2n) is 4.79. The van der Waals surface area contributed by atoms with Gasteiger partial charge < -0.3 is 10.1 Å². The van der Waals surface area contributed by atoms with Gasteiger partial charge in [0, 0.05) is 25.4 Å². The van der Waals surface area contributed by atoms with Crippen molar-refractivity contribution in [2.75, 3.05) is 19.0 Å². The van der Waals surface area contributed by atoms with Crippen molar-refractivity contribution < 1.29 is 13.5 Å². The van der Waals surface area contributed by atoms with E-state index in [9.17, 15) is 8.78 Å². The van der Waals surface area contributed by atoms with Gasteiger partial charge in [0.15, 0.2) is 0 Å². The number of rotatable bonds is 5. The van der Waals surface area contributed by atoms with Crippen LogP contribution in [-0.4, -0.2) is 29.3 Å². The number of imidazole rings is 1. The number of aromatic nitrogens is 2. The van der Waals surface area contributed by atoms with Gasteiger partial charge in [-0.15, -0.1) is 0 Å². The topological polar surface area (TPSA) is 39.1 Å². The van der Waals surface area contributed by atoms with Gasteiger partial charge in [0.05, 0.1) is 22.5 Å². The Labute approximate surface area is 130 Å². The second-order valence-corrected chi connectivity index (χ2v) is 5.65. The van der Waals surface area contributed by atoms with Crippen LogP contribution in [0.4, 0.5) is 14.7 Å². The van der Waals surface area contributed by atoms with Crippen LogP contribution in [0, 0.1) is 18.6 Å². The number of hydrogen-bond donors (Lipinski definition) is 1. The highest BCUT2D eigenvalue weighted by Gasteiger charge is 2.15. The number of benzene rings is 1. The Morgan fingerprint density at radius 1 is 1.38 bits per heavy atom. The zero-order chi connectivity index (χ0) is 15.6. The summed E-state index contributed by atoms with van der Waals surface area (Å²) in [4.78, 5) is 4.30. The fraction of sp³-hybridized carbons (Fsp3) is 0.357. The van der Waals surface area contributed by atoms with Crippen LogP contribution in [0.15, 0.2) is 22.8 Å². The molecule has 0 radical (unpaired) electrons. The van der Waals surface area contributed by atoms with Gasteiger partial charge >= 0.3 is 0 Å². The summed E-state index contributed by atoms with van der Waals surface area (Å²) in [7, 11) is 1.60. The number of hydrogen-bond acceptors (Lipinski definition) is 3. The zero-order valence-electron chi connectivity index (χ0n) is 12.0. The maximum atomic E-state index is 14.1. The lowest BCUT2D eigenvalue weighted by atomic mass is 10.3. The van der Waals surface area contributed by atoms with E-state index >= 15 is 0 Å². The van der Waals surface area contributed by atoms with E-state index in [1.807, 2.05) is 6.92 Å². The molecule has 0 aliphatic rings. The average Bonchev–Trinajstić information content (AvgIpc) is 2.74. The van der Waals surface area contributed by atoms with Crippen LogP contribution in [0.3, 0.4) is 0 Å². The molecule has 0 saturated carbocycles. The van der Waals surface area contributed by atoms with Gasteiger partial charge in [0.1, 0.15) is 11.6 Å². The predicted molar refractivity (Wildman–Crippen MR) is 80.9 cm³/mol. The van der Waals surface area contributed by atoms with Crippen LogP contribution in [0.1, 0.15) is 12.6 Å². The van der Waals surface area contributed by atoms with E-state index < -0.39 is 11.6 Å². The van der Waals surface area contributed by atoms with Crippen LogP contribution >= 0.6 is 15.9 Å². The fourth-order valence-corrected chi connectivity index (χ4v) is 2.31. The van der Waals surface area contributed by atoms with Crippen molar-refractivity contribution in [3.63, 3.8) is 0 Å². The third kappa shape index (κ3) is 3.59. The summed E-state index contributed by atoms with van der Waals surface area (Å²) in [6.07, 6.45) is 1.65. The summed E-state index contributed by atoms with van der Waals surface area (Å²) >= 11 is 2.97. The van der Waals surface area contributed by atoms with Gasteiger partial charge in [-0.25, -0.2) is 13.8 Å². The molecular weight excluding hydrogens is 344 g/mol. The summed E-state index contributed by atoms with van der Waals surface area (Å²) < 4.78 is 34.4. The molecule has 0 amide bonds. The van der Waals surface area contributed by atoms with E-state index in [4.69, 9.17) is 4.74 Å². The van der Waals surface area contributed by atoms with Crippen molar-refractivity contribution >= 4 is 21.9 Å². The predicted octanol–water partition coefficient (Wildman–Crippen LogP) is 3.67. The smallest absolute Gasteiger partial charge is 0.208 e. The molecular formula is C14H16BrF2N3O. The third-order valence-corrected chi connectivity index (χ3v) is 3.48. The van der Waals surface area contributed by atoms with Crippen molar-refractivity contribution in [1.82, 2.24) is 9.55 Å². The number of aryl methyl sites for hydroxylation is 1. The number of nitrogens with one attached hydrogen (secondary N) is 1. The van der Waals surface area contributed by atoms with Gasteiger partial charge in [-0.1, -0.05) is 0 Å². The lowest BCUT2D eigenvalue weighted by Crippen LogP contribution is -2.23. The summed E-state index contributed by atoms with van der Waals surface area (Å²) in [6.45, 7) is 4.18. The maximum absolute atomic E-state index is 14.1. The maximum Gasteiger partial charge on any atom is 0.208 e. The average molecular weight is 360 g/mol. The minimum atomic E-state index is -0.539. The van der Waals surface area contributed by atoms with Crippen LogP contribution < -0.4 is 5.32 Å². The van der Waals surface area contributed by atoms with Crippen molar-refractivity contribution in [3.8, 4) is 5.69 Å². The van der Waals surface area contributed by atoms with Crippen molar-refractivity contribution in [2.24, 2.45) is 0 Å². The molecule has 21 heavy (non-hydrogen) atoms. The van der Waals surface area contributed by atoms with Crippen LogP contribution in [0.25, 0.3) is 5.69 Å². The molecule has 0 aliphatic heterocycles. The van der Waals surface area contributed by atoms with Crippen LogP contribution in [-0.2, 0) is 4.74 Å². The van der Waals surface area contributed by atoms with E-state index in [1.165, 1.54) is 4.57 Å². The molecule has 1 heterocycles. The van der Waals surface area contributed by atoms with Gasteiger partial charge in [0.25, 0.3) is 0 Å². The first kappa shape index (κ1) is 15.9. The molecule has 2 aromatic rings. The van der Waals surface area contributed by atoms with Crippen LogP contribution in [0.5, 0.6) is 0 Å².